The number of rotatable bonds is 5. The van der Waals surface area contributed by atoms with E-state index in [0.717, 1.165) is 21.6 Å². The fraction of sp³-hybridized carbons (Fsp3) is 0.409. The summed E-state index contributed by atoms with van der Waals surface area (Å²) in [7, 11) is 0. The van der Waals surface area contributed by atoms with Crippen molar-refractivity contribution in [3.63, 3.8) is 0 Å². The average molecular weight is 422 g/mol. The number of carbonyl (C=O) groups is 1. The number of hydrogen-bond donors (Lipinski definition) is 4. The molecule has 2 rings (SSSR count). The van der Waals surface area contributed by atoms with Crippen molar-refractivity contribution in [2.75, 3.05) is 5.32 Å². The Balaban J connectivity index is 0.000000308. The van der Waals surface area contributed by atoms with Gasteiger partial charge in [-0.3, -0.25) is 5.14 Å². The third-order valence-electron chi connectivity index (χ3n) is 4.35. The van der Waals surface area contributed by atoms with Crippen LogP contribution in [-0.2, 0) is 5.60 Å². The molecule has 0 radical (unpaired) electrons. The standard InChI is InChI=1S/C13H19FN2O.C9H13NOS/c1-7(2)10-5-9(14)6-11(8(3)4)12(10)16-13(15)17;1-9(2,11)7-3-5-8(12-10)6-4-7/h5-8H,1-4H3,(H3,15,16,17);3-6,11H,10H2,1-2H3. The number of urea groups is 1. The summed E-state index contributed by atoms with van der Waals surface area (Å²) in [4.78, 5) is 12.0. The van der Waals surface area contributed by atoms with Crippen LogP contribution < -0.4 is 16.2 Å². The summed E-state index contributed by atoms with van der Waals surface area (Å²) in [5.74, 6) is -0.0532. The molecule has 0 aliphatic heterocycles. The van der Waals surface area contributed by atoms with Gasteiger partial charge < -0.3 is 16.2 Å². The van der Waals surface area contributed by atoms with E-state index in [1.807, 2.05) is 52.0 Å². The minimum Gasteiger partial charge on any atom is -0.386 e. The molecular formula is C22H32FN3O2S. The van der Waals surface area contributed by atoms with Gasteiger partial charge in [0, 0.05) is 10.6 Å². The smallest absolute Gasteiger partial charge is 0.316 e. The molecule has 29 heavy (non-hydrogen) atoms. The highest BCUT2D eigenvalue weighted by molar-refractivity contribution is 7.97. The van der Waals surface area contributed by atoms with Crippen LogP contribution >= 0.6 is 11.9 Å². The number of nitrogens with two attached hydrogens (primary N) is 2. The molecule has 0 heterocycles. The number of amides is 2. The molecule has 0 aliphatic carbocycles. The molecule has 5 nitrogen and oxygen atoms in total. The minimum atomic E-state index is -0.766. The van der Waals surface area contributed by atoms with Crippen molar-refractivity contribution >= 4 is 23.7 Å². The molecule has 6 N–H and O–H groups in total. The molecule has 0 fully saturated rings. The van der Waals surface area contributed by atoms with Gasteiger partial charge in [0.05, 0.1) is 5.60 Å². The summed E-state index contributed by atoms with van der Waals surface area (Å²) >= 11 is 1.21. The van der Waals surface area contributed by atoms with Crippen molar-refractivity contribution in [1.29, 1.82) is 0 Å². The lowest BCUT2D eigenvalue weighted by atomic mass is 9.92. The van der Waals surface area contributed by atoms with E-state index >= 15 is 0 Å². The van der Waals surface area contributed by atoms with Crippen LogP contribution in [0.3, 0.4) is 0 Å². The first-order chi connectivity index (χ1) is 13.4. The quantitative estimate of drug-likeness (QED) is 0.483. The molecule has 2 amide bonds. The van der Waals surface area contributed by atoms with Crippen LogP contribution in [0.15, 0.2) is 41.3 Å². The molecule has 0 aromatic heterocycles. The van der Waals surface area contributed by atoms with Crippen molar-refractivity contribution in [3.8, 4) is 0 Å². The maximum absolute atomic E-state index is 13.5. The van der Waals surface area contributed by atoms with E-state index in [4.69, 9.17) is 10.9 Å². The van der Waals surface area contributed by atoms with Crippen molar-refractivity contribution in [2.45, 2.75) is 63.9 Å². The first kappa shape index (κ1) is 24.9. The average Bonchev–Trinajstić information content (AvgIpc) is 2.62. The Morgan fingerprint density at radius 1 is 1.07 bits per heavy atom. The molecule has 0 saturated heterocycles. The molecule has 2 aromatic carbocycles. The van der Waals surface area contributed by atoms with Crippen LogP contribution in [0.25, 0.3) is 0 Å². The molecule has 0 spiro atoms. The van der Waals surface area contributed by atoms with Crippen LogP contribution in [-0.4, -0.2) is 11.1 Å². The van der Waals surface area contributed by atoms with E-state index in [2.05, 4.69) is 5.32 Å². The molecule has 0 unspecified atom stereocenters. The Hall–Kier alpha value is -2.09. The van der Waals surface area contributed by atoms with Gasteiger partial charge in [-0.25, -0.2) is 9.18 Å². The van der Waals surface area contributed by atoms with Gasteiger partial charge in [0.15, 0.2) is 0 Å². The predicted molar refractivity (Wildman–Crippen MR) is 120 cm³/mol. The Kier molecular flexibility index (Phi) is 9.14. The fourth-order valence-corrected chi connectivity index (χ4v) is 3.06. The maximum Gasteiger partial charge on any atom is 0.316 e. The van der Waals surface area contributed by atoms with Gasteiger partial charge in [0.1, 0.15) is 5.82 Å². The van der Waals surface area contributed by atoms with Crippen LogP contribution in [0.1, 0.15) is 70.1 Å². The first-order valence-corrected chi connectivity index (χ1v) is 10.3. The number of nitrogens with one attached hydrogen (secondary N) is 1. The highest BCUT2D eigenvalue weighted by Gasteiger charge is 2.17. The Morgan fingerprint density at radius 3 is 1.83 bits per heavy atom. The fourth-order valence-electron chi connectivity index (χ4n) is 2.77. The molecule has 0 bridgehead atoms. The van der Waals surface area contributed by atoms with Crippen molar-refractivity contribution in [3.05, 3.63) is 58.9 Å². The van der Waals surface area contributed by atoms with E-state index in [1.54, 1.807) is 13.8 Å². The Morgan fingerprint density at radius 2 is 1.52 bits per heavy atom. The van der Waals surface area contributed by atoms with Gasteiger partial charge in [-0.2, -0.15) is 0 Å². The number of aliphatic hydroxyl groups is 1. The third kappa shape index (κ3) is 7.68. The van der Waals surface area contributed by atoms with Crippen molar-refractivity contribution < 1.29 is 14.3 Å². The van der Waals surface area contributed by atoms with Gasteiger partial charge in [-0.15, -0.1) is 0 Å². The van der Waals surface area contributed by atoms with E-state index in [1.165, 1.54) is 24.1 Å². The summed E-state index contributed by atoms with van der Waals surface area (Å²) in [5.41, 5.74) is 7.48. The zero-order chi connectivity index (χ0) is 22.4. The predicted octanol–water partition coefficient (Wildman–Crippen LogP) is 5.44. The molecule has 160 valence electrons. The number of hydrogen-bond acceptors (Lipinski definition) is 4. The Labute approximate surface area is 177 Å². The lowest BCUT2D eigenvalue weighted by Crippen LogP contribution is -2.22. The number of halogens is 1. The van der Waals surface area contributed by atoms with Crippen LogP contribution in [0.4, 0.5) is 14.9 Å². The highest BCUT2D eigenvalue weighted by Crippen LogP contribution is 2.33. The molecule has 0 saturated carbocycles. The normalized spacial score (nSPS) is 11.3. The second kappa shape index (κ2) is 10.6. The summed E-state index contributed by atoms with van der Waals surface area (Å²) in [6.07, 6.45) is 0. The molecule has 2 aromatic rings. The van der Waals surface area contributed by atoms with Crippen molar-refractivity contribution in [1.82, 2.24) is 0 Å². The van der Waals surface area contributed by atoms with E-state index in [-0.39, 0.29) is 17.7 Å². The van der Waals surface area contributed by atoms with Gasteiger partial charge in [-0.1, -0.05) is 39.8 Å². The van der Waals surface area contributed by atoms with Gasteiger partial charge >= 0.3 is 6.03 Å². The van der Waals surface area contributed by atoms with Crippen LogP contribution in [0.5, 0.6) is 0 Å². The van der Waals surface area contributed by atoms with Crippen LogP contribution in [0, 0.1) is 5.82 Å². The number of anilines is 1. The van der Waals surface area contributed by atoms with Crippen LogP contribution in [0.2, 0.25) is 0 Å². The van der Waals surface area contributed by atoms with E-state index < -0.39 is 11.6 Å². The lowest BCUT2D eigenvalue weighted by Gasteiger charge is -2.19. The Bertz CT molecular complexity index is 787. The lowest BCUT2D eigenvalue weighted by molar-refractivity contribution is 0.0785. The van der Waals surface area contributed by atoms with E-state index in [0.29, 0.717) is 5.69 Å². The third-order valence-corrected chi connectivity index (χ3v) is 4.90. The topological polar surface area (TPSA) is 101 Å². The number of primary amides is 1. The number of carbonyl (C=O) groups excluding carboxylic acids is 1. The number of benzene rings is 2. The first-order valence-electron chi connectivity index (χ1n) is 9.46. The molecule has 0 atom stereocenters. The summed E-state index contributed by atoms with van der Waals surface area (Å²) in [6.45, 7) is 11.3. The van der Waals surface area contributed by atoms with E-state index in [9.17, 15) is 14.3 Å². The summed E-state index contributed by atoms with van der Waals surface area (Å²) in [6, 6.07) is 9.84. The molecular weight excluding hydrogens is 389 g/mol. The van der Waals surface area contributed by atoms with Crippen molar-refractivity contribution in [2.24, 2.45) is 10.9 Å². The second-order valence-corrected chi connectivity index (χ2v) is 8.67. The minimum absolute atomic E-state index is 0.116. The molecule has 0 aliphatic rings. The summed E-state index contributed by atoms with van der Waals surface area (Å²) < 4.78 is 13.5. The SMILES string of the molecule is CC(C)(O)c1ccc(SN)cc1.CC(C)c1cc(F)cc(C(C)C)c1NC(N)=O. The van der Waals surface area contributed by atoms with Gasteiger partial charge in [-0.05, 0) is 78.6 Å². The zero-order valence-corrected chi connectivity index (χ0v) is 18.7. The molecule has 7 heteroatoms. The zero-order valence-electron chi connectivity index (χ0n) is 17.9. The largest absolute Gasteiger partial charge is 0.386 e. The maximum atomic E-state index is 13.5. The second-order valence-electron chi connectivity index (χ2n) is 7.96. The monoisotopic (exact) mass is 421 g/mol. The van der Waals surface area contributed by atoms with Gasteiger partial charge in [0.25, 0.3) is 0 Å². The highest BCUT2D eigenvalue weighted by atomic mass is 32.2. The summed E-state index contributed by atoms with van der Waals surface area (Å²) in [5, 5.41) is 17.6. The van der Waals surface area contributed by atoms with Gasteiger partial charge in [0.2, 0.25) is 0 Å².